The monoisotopic (exact) mass is 388 g/mol. The molecule has 0 fully saturated rings. The lowest BCUT2D eigenvalue weighted by Crippen LogP contribution is -2.19. The van der Waals surface area contributed by atoms with Crippen molar-refractivity contribution in [1.29, 1.82) is 0 Å². The Hall–Kier alpha value is -1.96. The molecule has 0 radical (unpaired) electrons. The van der Waals surface area contributed by atoms with Crippen LogP contribution in [0, 0.1) is 13.8 Å². The molecular formula is C15H14Cl2N2O4S. The van der Waals surface area contributed by atoms with Crippen molar-refractivity contribution in [3.63, 3.8) is 0 Å². The van der Waals surface area contributed by atoms with Crippen LogP contribution in [0.1, 0.15) is 16.7 Å². The maximum Gasteiger partial charge on any atom is 0.276 e. The molecule has 0 saturated heterocycles. The van der Waals surface area contributed by atoms with Gasteiger partial charge < -0.3 is 10.2 Å². The number of hydrogen-bond donors (Lipinski definition) is 3. The molecule has 0 aliphatic rings. The van der Waals surface area contributed by atoms with Crippen LogP contribution >= 0.6 is 23.2 Å². The third-order valence-electron chi connectivity index (χ3n) is 3.19. The van der Waals surface area contributed by atoms with E-state index in [2.05, 4.69) is 5.10 Å². The van der Waals surface area contributed by atoms with Gasteiger partial charge in [0.2, 0.25) is 0 Å². The maximum absolute atomic E-state index is 12.2. The molecule has 6 nitrogen and oxygen atoms in total. The van der Waals surface area contributed by atoms with E-state index in [1.807, 2.05) is 11.8 Å². The predicted molar refractivity (Wildman–Crippen MR) is 93.6 cm³/mol. The average Bonchev–Trinajstić information content (AvgIpc) is 2.49. The molecule has 3 N–H and O–H groups in total. The topological polar surface area (TPSA) is 99.0 Å². The number of hydrogen-bond acceptors (Lipinski definition) is 5. The summed E-state index contributed by atoms with van der Waals surface area (Å²) in [6.45, 7) is 3.53. The fourth-order valence-corrected chi connectivity index (χ4v) is 3.52. The minimum absolute atomic E-state index is 0.0473. The number of aromatic hydroxyl groups is 2. The van der Waals surface area contributed by atoms with E-state index in [9.17, 15) is 18.6 Å². The average molecular weight is 389 g/mol. The Labute approximate surface area is 149 Å². The second kappa shape index (κ2) is 6.88. The van der Waals surface area contributed by atoms with Gasteiger partial charge in [-0.2, -0.15) is 13.5 Å². The molecule has 0 heterocycles. The summed E-state index contributed by atoms with van der Waals surface area (Å²) < 4.78 is 24.5. The Bertz CT molecular complexity index is 928. The molecule has 0 spiro atoms. The smallest absolute Gasteiger partial charge is 0.276 e. The van der Waals surface area contributed by atoms with E-state index in [4.69, 9.17) is 23.2 Å². The Morgan fingerprint density at radius 1 is 1.12 bits per heavy atom. The van der Waals surface area contributed by atoms with Crippen LogP contribution in [-0.4, -0.2) is 24.8 Å². The number of phenols is 2. The molecule has 2 aromatic carbocycles. The van der Waals surface area contributed by atoms with Gasteiger partial charge in [0.05, 0.1) is 16.1 Å². The van der Waals surface area contributed by atoms with Gasteiger partial charge in [0.1, 0.15) is 10.8 Å². The van der Waals surface area contributed by atoms with Gasteiger partial charge in [-0.1, -0.05) is 40.9 Å². The number of nitrogens with one attached hydrogen (secondary N) is 1. The summed E-state index contributed by atoms with van der Waals surface area (Å²) in [6.07, 6.45) is 1.04. The highest BCUT2D eigenvalue weighted by atomic mass is 35.5. The SMILES string of the molecule is Cc1ccc(S(=O)(=O)N/N=C/c2cc(Cl)c(O)c(Cl)c2O)c(C)c1. The Morgan fingerprint density at radius 3 is 2.42 bits per heavy atom. The lowest BCUT2D eigenvalue weighted by molar-refractivity contribution is 0.450. The summed E-state index contributed by atoms with van der Waals surface area (Å²) in [6, 6.07) is 6.10. The van der Waals surface area contributed by atoms with Crippen molar-refractivity contribution < 1.29 is 18.6 Å². The van der Waals surface area contributed by atoms with E-state index in [1.54, 1.807) is 19.1 Å². The lowest BCUT2D eigenvalue weighted by atomic mass is 10.2. The van der Waals surface area contributed by atoms with E-state index >= 15 is 0 Å². The predicted octanol–water partition coefficient (Wildman–Crippen LogP) is 3.33. The zero-order chi connectivity index (χ0) is 18.1. The number of hydrazone groups is 1. The number of phenolic OH excluding ortho intramolecular Hbond substituents is 2. The zero-order valence-electron chi connectivity index (χ0n) is 12.7. The van der Waals surface area contributed by atoms with Crippen molar-refractivity contribution in [2.75, 3.05) is 0 Å². The first-order chi connectivity index (χ1) is 11.1. The van der Waals surface area contributed by atoms with Crippen LogP contribution in [0.2, 0.25) is 10.0 Å². The number of nitrogens with zero attached hydrogens (tertiary/aromatic N) is 1. The lowest BCUT2D eigenvalue weighted by Gasteiger charge is -2.08. The molecule has 0 aliphatic heterocycles. The van der Waals surface area contributed by atoms with Crippen LogP contribution in [0.25, 0.3) is 0 Å². The number of aryl methyl sites for hydroxylation is 2. The van der Waals surface area contributed by atoms with Gasteiger partial charge >= 0.3 is 0 Å². The van der Waals surface area contributed by atoms with Crippen molar-refractivity contribution in [2.24, 2.45) is 5.10 Å². The molecule has 128 valence electrons. The van der Waals surface area contributed by atoms with Crippen LogP contribution in [0.15, 0.2) is 34.3 Å². The summed E-state index contributed by atoms with van der Waals surface area (Å²) in [5.74, 6) is -0.933. The summed E-state index contributed by atoms with van der Waals surface area (Å²) in [4.78, 5) is 2.14. The summed E-state index contributed by atoms with van der Waals surface area (Å²) in [5.41, 5.74) is 1.57. The third kappa shape index (κ3) is 3.75. The Morgan fingerprint density at radius 2 is 1.79 bits per heavy atom. The highest BCUT2D eigenvalue weighted by Crippen LogP contribution is 2.40. The maximum atomic E-state index is 12.2. The van der Waals surface area contributed by atoms with Crippen LogP contribution in [0.4, 0.5) is 0 Å². The fourth-order valence-electron chi connectivity index (χ4n) is 2.03. The Kier molecular flexibility index (Phi) is 5.27. The first-order valence-corrected chi connectivity index (χ1v) is 8.89. The molecule has 0 bridgehead atoms. The number of halogens is 2. The molecule has 0 aromatic heterocycles. The van der Waals surface area contributed by atoms with Gasteiger partial charge in [-0.15, -0.1) is 0 Å². The number of rotatable bonds is 4. The van der Waals surface area contributed by atoms with Crippen LogP contribution in [-0.2, 0) is 10.0 Å². The van der Waals surface area contributed by atoms with Gasteiger partial charge in [-0.05, 0) is 31.5 Å². The van der Waals surface area contributed by atoms with Gasteiger partial charge in [-0.25, -0.2) is 4.83 Å². The van der Waals surface area contributed by atoms with Gasteiger partial charge in [0, 0.05) is 5.56 Å². The second-order valence-electron chi connectivity index (χ2n) is 5.08. The minimum Gasteiger partial charge on any atom is -0.506 e. The number of benzene rings is 2. The highest BCUT2D eigenvalue weighted by molar-refractivity contribution is 7.89. The van der Waals surface area contributed by atoms with Crippen molar-refractivity contribution in [1.82, 2.24) is 4.83 Å². The highest BCUT2D eigenvalue weighted by Gasteiger charge is 2.16. The molecule has 0 unspecified atom stereocenters. The summed E-state index contributed by atoms with van der Waals surface area (Å²) in [5, 5.41) is 22.5. The zero-order valence-corrected chi connectivity index (χ0v) is 15.0. The molecule has 9 heteroatoms. The minimum atomic E-state index is -3.86. The first-order valence-electron chi connectivity index (χ1n) is 6.65. The number of sulfonamides is 1. The van der Waals surface area contributed by atoms with Gasteiger partial charge in [0.15, 0.2) is 5.75 Å². The third-order valence-corrected chi connectivity index (χ3v) is 5.22. The quantitative estimate of drug-likeness (QED) is 0.552. The van der Waals surface area contributed by atoms with Gasteiger partial charge in [-0.3, -0.25) is 0 Å². The largest absolute Gasteiger partial charge is 0.506 e. The standard InChI is InChI=1S/C15H14Cl2N2O4S/c1-8-3-4-12(9(2)5-8)24(22,23)19-18-7-10-6-11(16)15(21)13(17)14(10)20/h3-7,19-21H,1-2H3/b18-7+. The van der Waals surface area contributed by atoms with Crippen molar-refractivity contribution in [3.8, 4) is 11.5 Å². The van der Waals surface area contributed by atoms with Crippen molar-refractivity contribution in [3.05, 3.63) is 51.0 Å². The van der Waals surface area contributed by atoms with Crippen LogP contribution in [0.3, 0.4) is 0 Å². The molecule has 0 amide bonds. The van der Waals surface area contributed by atoms with E-state index in [0.29, 0.717) is 5.56 Å². The van der Waals surface area contributed by atoms with E-state index < -0.39 is 21.5 Å². The second-order valence-corrected chi connectivity index (χ2v) is 7.50. The summed E-state index contributed by atoms with van der Waals surface area (Å²) in [7, 11) is -3.86. The normalized spacial score (nSPS) is 11.8. The van der Waals surface area contributed by atoms with Crippen LogP contribution in [0.5, 0.6) is 11.5 Å². The molecule has 24 heavy (non-hydrogen) atoms. The molecule has 0 atom stereocenters. The van der Waals surface area contributed by atoms with E-state index in [-0.39, 0.29) is 20.5 Å². The Balaban J connectivity index is 2.28. The van der Waals surface area contributed by atoms with Crippen LogP contribution < -0.4 is 4.83 Å². The molecule has 0 aliphatic carbocycles. The van der Waals surface area contributed by atoms with Crippen molar-refractivity contribution >= 4 is 39.4 Å². The molecule has 0 saturated carbocycles. The molecular weight excluding hydrogens is 375 g/mol. The fraction of sp³-hybridized carbons (Fsp3) is 0.133. The summed E-state index contributed by atoms with van der Waals surface area (Å²) >= 11 is 11.4. The molecule has 2 rings (SSSR count). The van der Waals surface area contributed by atoms with E-state index in [0.717, 1.165) is 11.8 Å². The molecule has 2 aromatic rings. The van der Waals surface area contributed by atoms with E-state index in [1.165, 1.54) is 12.1 Å². The first kappa shape index (κ1) is 18.4. The van der Waals surface area contributed by atoms with Gasteiger partial charge in [0.25, 0.3) is 10.0 Å². The van der Waals surface area contributed by atoms with Crippen molar-refractivity contribution in [2.45, 2.75) is 18.7 Å².